The Morgan fingerprint density at radius 2 is 1.77 bits per heavy atom. The van der Waals surface area contributed by atoms with Crippen LogP contribution in [-0.4, -0.2) is 35.6 Å². The van der Waals surface area contributed by atoms with Gasteiger partial charge in [0, 0.05) is 18.2 Å². The Bertz CT molecular complexity index is 1090. The first kappa shape index (κ1) is 20.8. The van der Waals surface area contributed by atoms with Gasteiger partial charge in [-0.1, -0.05) is 12.1 Å². The third-order valence-electron chi connectivity index (χ3n) is 4.21. The number of ether oxygens (including phenoxy) is 2. The van der Waals surface area contributed by atoms with Gasteiger partial charge in [0.15, 0.2) is 0 Å². The number of carbonyl (C=O) groups excluding carboxylic acids is 2. The predicted molar refractivity (Wildman–Crippen MR) is 111 cm³/mol. The van der Waals surface area contributed by atoms with Crippen molar-refractivity contribution in [2.24, 2.45) is 0 Å². The number of anilines is 1. The Hall–Kier alpha value is -3.94. The highest BCUT2D eigenvalue weighted by molar-refractivity contribution is 6.03. The first-order valence-corrected chi connectivity index (χ1v) is 9.30. The molecule has 0 unspecified atom stereocenters. The summed E-state index contributed by atoms with van der Waals surface area (Å²) in [5, 5.41) is 2.67. The number of benzene rings is 2. The first-order chi connectivity index (χ1) is 14.5. The van der Waals surface area contributed by atoms with Crippen molar-refractivity contribution in [2.45, 2.75) is 13.3 Å². The molecule has 0 radical (unpaired) electrons. The molecule has 1 aromatic heterocycles. The smallest absolute Gasteiger partial charge is 0.338 e. The maximum atomic E-state index is 12.5. The maximum Gasteiger partial charge on any atom is 0.338 e. The second-order valence-electron chi connectivity index (χ2n) is 6.35. The lowest BCUT2D eigenvalue weighted by molar-refractivity contribution is 0.0526. The number of H-pyrrole nitrogens is 1. The third kappa shape index (κ3) is 5.32. The number of aromatic amines is 1. The van der Waals surface area contributed by atoms with Gasteiger partial charge in [-0.05, 0) is 48.9 Å². The van der Waals surface area contributed by atoms with E-state index >= 15 is 0 Å². The summed E-state index contributed by atoms with van der Waals surface area (Å²) in [6, 6.07) is 14.7. The minimum absolute atomic E-state index is 0.00303. The van der Waals surface area contributed by atoms with Crippen LogP contribution >= 0.6 is 0 Å². The molecule has 3 aromatic rings. The summed E-state index contributed by atoms with van der Waals surface area (Å²) in [6.45, 7) is 2.01. The Morgan fingerprint density at radius 1 is 1.07 bits per heavy atom. The van der Waals surface area contributed by atoms with Crippen molar-refractivity contribution in [3.8, 4) is 5.75 Å². The van der Waals surface area contributed by atoms with Crippen LogP contribution in [0.25, 0.3) is 0 Å². The zero-order valence-electron chi connectivity index (χ0n) is 16.6. The molecule has 0 bridgehead atoms. The summed E-state index contributed by atoms with van der Waals surface area (Å²) in [6.07, 6.45) is 0.356. The van der Waals surface area contributed by atoms with E-state index in [1.54, 1.807) is 38.3 Å². The topological polar surface area (TPSA) is 110 Å². The first-order valence-electron chi connectivity index (χ1n) is 9.30. The molecule has 0 saturated heterocycles. The van der Waals surface area contributed by atoms with E-state index in [4.69, 9.17) is 9.47 Å². The number of hydrogen-bond donors (Lipinski definition) is 2. The van der Waals surface area contributed by atoms with E-state index in [9.17, 15) is 14.4 Å². The van der Waals surface area contributed by atoms with E-state index in [-0.39, 0.29) is 12.3 Å². The van der Waals surface area contributed by atoms with Gasteiger partial charge in [0.1, 0.15) is 17.3 Å². The van der Waals surface area contributed by atoms with E-state index in [2.05, 4.69) is 15.3 Å². The third-order valence-corrected chi connectivity index (χ3v) is 4.21. The molecule has 8 heteroatoms. The van der Waals surface area contributed by atoms with Gasteiger partial charge in [0.2, 0.25) is 0 Å². The molecule has 1 amide bonds. The Balaban J connectivity index is 1.72. The molecule has 0 saturated carbocycles. The van der Waals surface area contributed by atoms with Crippen LogP contribution in [-0.2, 0) is 11.2 Å². The van der Waals surface area contributed by atoms with Crippen molar-refractivity contribution in [3.63, 3.8) is 0 Å². The molecule has 8 nitrogen and oxygen atoms in total. The van der Waals surface area contributed by atoms with Crippen LogP contribution in [0, 0.1) is 0 Å². The van der Waals surface area contributed by atoms with Crippen molar-refractivity contribution in [2.75, 3.05) is 19.0 Å². The average Bonchev–Trinajstić information content (AvgIpc) is 2.74. The second-order valence-corrected chi connectivity index (χ2v) is 6.35. The largest absolute Gasteiger partial charge is 0.497 e. The second kappa shape index (κ2) is 9.51. The lowest BCUT2D eigenvalue weighted by Crippen LogP contribution is -2.20. The highest BCUT2D eigenvalue weighted by Crippen LogP contribution is 2.14. The van der Waals surface area contributed by atoms with Crippen molar-refractivity contribution in [3.05, 3.63) is 87.6 Å². The molecular formula is C22H21N3O5. The SMILES string of the molecule is CCOC(=O)c1ccc(NC(=O)c2cc(=O)[nH]c(Cc3ccc(OC)cc3)n2)cc1. The fourth-order valence-electron chi connectivity index (χ4n) is 2.74. The van der Waals surface area contributed by atoms with Crippen LogP contribution in [0.4, 0.5) is 5.69 Å². The number of methoxy groups -OCH3 is 1. The number of esters is 1. The van der Waals surface area contributed by atoms with Gasteiger partial charge in [-0.2, -0.15) is 0 Å². The minimum Gasteiger partial charge on any atom is -0.497 e. The lowest BCUT2D eigenvalue weighted by atomic mass is 10.1. The van der Waals surface area contributed by atoms with E-state index in [0.717, 1.165) is 17.4 Å². The van der Waals surface area contributed by atoms with E-state index in [0.29, 0.717) is 23.5 Å². The molecule has 0 aliphatic rings. The predicted octanol–water partition coefficient (Wildman–Crippen LogP) is 2.80. The van der Waals surface area contributed by atoms with Gasteiger partial charge < -0.3 is 19.8 Å². The molecule has 0 aliphatic heterocycles. The number of carbonyl (C=O) groups is 2. The van der Waals surface area contributed by atoms with Crippen molar-refractivity contribution < 1.29 is 19.1 Å². The molecule has 0 aliphatic carbocycles. The van der Waals surface area contributed by atoms with Crippen LogP contribution in [0.1, 0.15) is 39.2 Å². The monoisotopic (exact) mass is 407 g/mol. The Labute approximate surface area is 172 Å². The summed E-state index contributed by atoms with van der Waals surface area (Å²) >= 11 is 0. The van der Waals surface area contributed by atoms with Crippen LogP contribution < -0.4 is 15.6 Å². The maximum absolute atomic E-state index is 12.5. The fourth-order valence-corrected chi connectivity index (χ4v) is 2.74. The lowest BCUT2D eigenvalue weighted by Gasteiger charge is -2.08. The minimum atomic E-state index is -0.527. The summed E-state index contributed by atoms with van der Waals surface area (Å²) in [5.41, 5.74) is 1.33. The molecule has 0 spiro atoms. The van der Waals surface area contributed by atoms with Gasteiger partial charge in [-0.15, -0.1) is 0 Å². The van der Waals surface area contributed by atoms with Crippen molar-refractivity contribution in [1.82, 2.24) is 9.97 Å². The summed E-state index contributed by atoms with van der Waals surface area (Å²) in [4.78, 5) is 43.1. The molecule has 2 N–H and O–H groups in total. The Morgan fingerprint density at radius 3 is 2.40 bits per heavy atom. The number of aromatic nitrogens is 2. The van der Waals surface area contributed by atoms with Gasteiger partial charge >= 0.3 is 5.97 Å². The van der Waals surface area contributed by atoms with Gasteiger partial charge in [0.05, 0.1) is 19.3 Å². The van der Waals surface area contributed by atoms with Gasteiger partial charge in [0.25, 0.3) is 11.5 Å². The van der Waals surface area contributed by atoms with Crippen LogP contribution in [0.3, 0.4) is 0 Å². The van der Waals surface area contributed by atoms with Crippen molar-refractivity contribution in [1.29, 1.82) is 0 Å². The number of nitrogens with one attached hydrogen (secondary N) is 2. The summed E-state index contributed by atoms with van der Waals surface area (Å²) < 4.78 is 10.1. The van der Waals surface area contributed by atoms with Crippen LogP contribution in [0.5, 0.6) is 5.75 Å². The number of nitrogens with zero attached hydrogens (tertiary/aromatic N) is 1. The van der Waals surface area contributed by atoms with Crippen LogP contribution in [0.15, 0.2) is 59.4 Å². The van der Waals surface area contributed by atoms with E-state index in [1.807, 2.05) is 24.3 Å². The normalized spacial score (nSPS) is 10.3. The highest BCUT2D eigenvalue weighted by Gasteiger charge is 2.12. The summed E-state index contributed by atoms with van der Waals surface area (Å²) in [7, 11) is 1.58. The van der Waals surface area contributed by atoms with Gasteiger partial charge in [-0.3, -0.25) is 9.59 Å². The average molecular weight is 407 g/mol. The van der Waals surface area contributed by atoms with Crippen molar-refractivity contribution >= 4 is 17.6 Å². The molecule has 2 aromatic carbocycles. The van der Waals surface area contributed by atoms with E-state index < -0.39 is 17.4 Å². The molecule has 154 valence electrons. The number of rotatable bonds is 7. The molecule has 30 heavy (non-hydrogen) atoms. The number of hydrogen-bond acceptors (Lipinski definition) is 6. The molecule has 0 atom stereocenters. The molecular weight excluding hydrogens is 386 g/mol. The molecule has 1 heterocycles. The van der Waals surface area contributed by atoms with Crippen LogP contribution in [0.2, 0.25) is 0 Å². The zero-order chi connectivity index (χ0) is 21.5. The fraction of sp³-hybridized carbons (Fsp3) is 0.182. The summed E-state index contributed by atoms with van der Waals surface area (Å²) in [5.74, 6) is 0.133. The standard InChI is InChI=1S/C22H21N3O5/c1-3-30-22(28)15-6-8-16(9-7-15)23-21(27)18-13-20(26)25-19(24-18)12-14-4-10-17(29-2)11-5-14/h4-11,13H,3,12H2,1-2H3,(H,23,27)(H,24,25,26). The number of amides is 1. The van der Waals surface area contributed by atoms with Gasteiger partial charge in [-0.25, -0.2) is 9.78 Å². The van der Waals surface area contributed by atoms with E-state index in [1.165, 1.54) is 0 Å². The zero-order valence-corrected chi connectivity index (χ0v) is 16.6. The Kier molecular flexibility index (Phi) is 6.59. The molecule has 3 rings (SSSR count). The highest BCUT2D eigenvalue weighted by atomic mass is 16.5. The molecule has 0 fully saturated rings. The quantitative estimate of drug-likeness (QED) is 0.583.